The van der Waals surface area contributed by atoms with E-state index in [1.54, 1.807) is 39.0 Å². The number of para-hydroxylation sites is 1. The summed E-state index contributed by atoms with van der Waals surface area (Å²) in [5.74, 6) is -2.88. The molecule has 9 nitrogen and oxygen atoms in total. The van der Waals surface area contributed by atoms with Gasteiger partial charge >= 0.3 is 12.3 Å². The maximum Gasteiger partial charge on any atom is 0.403 e. The third-order valence-corrected chi connectivity index (χ3v) is 8.36. The molecule has 1 saturated heterocycles. The Labute approximate surface area is 237 Å². The van der Waals surface area contributed by atoms with Gasteiger partial charge in [-0.2, -0.15) is 13.2 Å². The maximum atomic E-state index is 14.0. The molecule has 0 aromatic heterocycles. The third kappa shape index (κ3) is 5.38. The lowest BCUT2D eigenvalue weighted by Gasteiger charge is -2.34. The number of nitrogens with zero attached hydrogens (tertiary/aromatic N) is 2. The minimum atomic E-state index is -4.73. The van der Waals surface area contributed by atoms with E-state index in [9.17, 15) is 32.3 Å². The number of halogens is 3. The van der Waals surface area contributed by atoms with Gasteiger partial charge in [0.25, 0.3) is 12.5 Å². The fraction of sp³-hybridized carbons (Fsp3) is 0.621. The summed E-state index contributed by atoms with van der Waals surface area (Å²) in [6.45, 7) is 14.2. The molecule has 1 saturated carbocycles. The Morgan fingerprint density at radius 1 is 1.15 bits per heavy atom. The molecule has 0 radical (unpaired) electrons. The van der Waals surface area contributed by atoms with Crippen molar-refractivity contribution >= 4 is 29.3 Å². The lowest BCUT2D eigenvalue weighted by Crippen LogP contribution is -2.60. The van der Waals surface area contributed by atoms with E-state index in [1.165, 1.54) is 4.90 Å². The van der Waals surface area contributed by atoms with E-state index in [2.05, 4.69) is 20.8 Å². The number of fused-ring (bicyclic) bond motifs is 2. The van der Waals surface area contributed by atoms with Crippen molar-refractivity contribution < 1.29 is 32.3 Å². The van der Waals surface area contributed by atoms with Crippen molar-refractivity contribution in [2.75, 3.05) is 11.9 Å². The summed E-state index contributed by atoms with van der Waals surface area (Å²) in [6.07, 6.45) is -5.90. The van der Waals surface area contributed by atoms with Crippen molar-refractivity contribution in [2.45, 2.75) is 90.1 Å². The summed E-state index contributed by atoms with van der Waals surface area (Å²) >= 11 is 0. The van der Waals surface area contributed by atoms with Crippen molar-refractivity contribution in [3.63, 3.8) is 0 Å². The molecule has 222 valence electrons. The smallest absolute Gasteiger partial charge is 0.343 e. The molecule has 1 aliphatic carbocycles. The van der Waals surface area contributed by atoms with Gasteiger partial charge in [0.15, 0.2) is 0 Å². The van der Waals surface area contributed by atoms with E-state index in [0.29, 0.717) is 5.69 Å². The highest BCUT2D eigenvalue weighted by Crippen LogP contribution is 2.58. The number of amides is 4. The summed E-state index contributed by atoms with van der Waals surface area (Å²) in [6, 6.07) is 4.73. The quantitative estimate of drug-likeness (QED) is 0.459. The third-order valence-electron chi connectivity index (χ3n) is 8.36. The molecule has 1 aromatic rings. The number of hydrogen-bond acceptors (Lipinski definition) is 4. The van der Waals surface area contributed by atoms with Gasteiger partial charge in [0.1, 0.15) is 22.9 Å². The van der Waals surface area contributed by atoms with Gasteiger partial charge in [0.2, 0.25) is 17.7 Å². The highest BCUT2D eigenvalue weighted by molar-refractivity contribution is 6.07. The average molecular weight is 577 g/mol. The molecule has 1 spiro atoms. The normalized spacial score (nSPS) is 24.3. The Balaban J connectivity index is 1.58. The number of alkyl halides is 3. The van der Waals surface area contributed by atoms with E-state index < -0.39 is 58.4 Å². The summed E-state index contributed by atoms with van der Waals surface area (Å²) in [7, 11) is 0. The number of anilines is 1. The van der Waals surface area contributed by atoms with Crippen LogP contribution in [-0.2, 0) is 24.6 Å². The molecule has 41 heavy (non-hydrogen) atoms. The van der Waals surface area contributed by atoms with Gasteiger partial charge in [-0.1, -0.05) is 57.7 Å². The van der Waals surface area contributed by atoms with Crippen LogP contribution in [0.4, 0.5) is 18.9 Å². The molecule has 4 rings (SSSR count). The summed E-state index contributed by atoms with van der Waals surface area (Å²) in [5.41, 5.74) is -3.16. The first-order chi connectivity index (χ1) is 19.0. The van der Waals surface area contributed by atoms with Crippen molar-refractivity contribution in [1.29, 1.82) is 0 Å². The van der Waals surface area contributed by atoms with Gasteiger partial charge in [0, 0.05) is 12.2 Å². The largest absolute Gasteiger partial charge is 0.403 e. The van der Waals surface area contributed by atoms with Crippen LogP contribution in [0.2, 0.25) is 0 Å². The van der Waals surface area contributed by atoms with Gasteiger partial charge in [-0.3, -0.25) is 24.1 Å². The molecular formula is C29H37F3N5O4+. The van der Waals surface area contributed by atoms with Gasteiger partial charge in [-0.25, -0.2) is 0 Å². The van der Waals surface area contributed by atoms with E-state index in [1.807, 2.05) is 19.9 Å². The molecular weight excluding hydrogens is 539 g/mol. The number of rotatable bonds is 7. The van der Waals surface area contributed by atoms with Crippen molar-refractivity contribution in [3.8, 4) is 6.57 Å². The number of hydrogen-bond donors (Lipinski definition) is 3. The van der Waals surface area contributed by atoms with Crippen LogP contribution < -0.4 is 16.0 Å². The van der Waals surface area contributed by atoms with Crippen LogP contribution in [0, 0.1) is 23.3 Å². The minimum absolute atomic E-state index is 0.0158. The number of likely N-dealkylation sites (tertiary alicyclic amines) is 1. The Kier molecular flexibility index (Phi) is 7.65. The van der Waals surface area contributed by atoms with Crippen molar-refractivity contribution in [2.24, 2.45) is 16.7 Å². The zero-order valence-electron chi connectivity index (χ0n) is 23.9. The average Bonchev–Trinajstić information content (AvgIpc) is 3.55. The molecule has 0 unspecified atom stereocenters. The standard InChI is InChI=1S/C29H36F3N5O4/c1-16(2)13-19(34-22(38)21(26(3,4)5)36-25(41)28(11-12-28)29(30,31)32)23(39)37-15-27(14-20(37)33-6)17-9-7-8-10-18(17)35-24(27)40/h6-10,16,19-21H,11-15H2,1-5H3,(H2-,34,35,36,38,40,41)/p+1/t19-,20-,21+,27-/m0/s1. The first-order valence-electron chi connectivity index (χ1n) is 13.8. The SMILES string of the molecule is C#[N+][C@@H]1C[C@@]2(CN1C(=O)[C@H](CC(C)C)NC(=O)[C@@H](NC(=O)C1(C(F)(F)F)CC1)C(C)(C)C)C(=O)Nc1ccccc12. The highest BCUT2D eigenvalue weighted by atomic mass is 19.4. The molecule has 12 heteroatoms. The second kappa shape index (κ2) is 10.3. The van der Waals surface area contributed by atoms with E-state index in [-0.39, 0.29) is 44.1 Å². The number of benzene rings is 1. The molecule has 0 bridgehead atoms. The van der Waals surface area contributed by atoms with E-state index >= 15 is 0 Å². The second-order valence-corrected chi connectivity index (χ2v) is 12.9. The number of nitrogens with one attached hydrogen (secondary N) is 3. The fourth-order valence-electron chi connectivity index (χ4n) is 5.83. The van der Waals surface area contributed by atoms with Crippen LogP contribution >= 0.6 is 0 Å². The molecule has 4 atom stereocenters. The first-order valence-corrected chi connectivity index (χ1v) is 13.8. The number of carbonyl (C=O) groups is 4. The Morgan fingerprint density at radius 2 is 1.78 bits per heavy atom. The van der Waals surface area contributed by atoms with Crippen LogP contribution in [0.3, 0.4) is 0 Å². The first kappa shape index (κ1) is 30.3. The van der Waals surface area contributed by atoms with Gasteiger partial charge < -0.3 is 16.0 Å². The predicted octanol–water partition coefficient (Wildman–Crippen LogP) is 3.80. The molecule has 2 heterocycles. The Morgan fingerprint density at radius 3 is 2.32 bits per heavy atom. The van der Waals surface area contributed by atoms with Crippen LogP contribution in [-0.4, -0.2) is 59.5 Å². The summed E-state index contributed by atoms with van der Waals surface area (Å²) in [5, 5.41) is 7.87. The number of carbonyl (C=O) groups excluding carboxylic acids is 4. The maximum absolute atomic E-state index is 14.0. The fourth-order valence-corrected chi connectivity index (χ4v) is 5.83. The zero-order chi connectivity index (χ0) is 30.5. The second-order valence-electron chi connectivity index (χ2n) is 12.9. The van der Waals surface area contributed by atoms with Gasteiger partial charge in [-0.15, -0.1) is 0 Å². The van der Waals surface area contributed by atoms with Crippen LogP contribution in [0.25, 0.3) is 4.85 Å². The van der Waals surface area contributed by atoms with Gasteiger partial charge in [0.05, 0.1) is 6.42 Å². The zero-order valence-corrected chi connectivity index (χ0v) is 23.9. The van der Waals surface area contributed by atoms with Crippen LogP contribution in [0.1, 0.15) is 65.9 Å². The highest BCUT2D eigenvalue weighted by Gasteiger charge is 2.69. The molecule has 2 fully saturated rings. The van der Waals surface area contributed by atoms with Crippen molar-refractivity contribution in [3.05, 3.63) is 34.7 Å². The topological polar surface area (TPSA) is 112 Å². The Hall–Kier alpha value is -3.62. The van der Waals surface area contributed by atoms with Crippen LogP contribution in [0.5, 0.6) is 0 Å². The van der Waals surface area contributed by atoms with E-state index in [4.69, 9.17) is 6.57 Å². The predicted molar refractivity (Wildman–Crippen MR) is 146 cm³/mol. The van der Waals surface area contributed by atoms with E-state index in [0.717, 1.165) is 5.56 Å². The molecule has 3 N–H and O–H groups in total. The molecule has 2 aliphatic heterocycles. The summed E-state index contributed by atoms with van der Waals surface area (Å²) in [4.78, 5) is 58.7. The lowest BCUT2D eigenvalue weighted by molar-refractivity contribution is -0.193. The minimum Gasteiger partial charge on any atom is -0.343 e. The monoisotopic (exact) mass is 576 g/mol. The molecule has 4 amide bonds. The molecule has 1 aromatic carbocycles. The summed E-state index contributed by atoms with van der Waals surface area (Å²) < 4.78 is 40.8. The van der Waals surface area contributed by atoms with Gasteiger partial charge in [-0.05, 0) is 42.2 Å². The van der Waals surface area contributed by atoms with Crippen LogP contribution in [0.15, 0.2) is 24.3 Å². The Bertz CT molecular complexity index is 1290. The molecule has 3 aliphatic rings. The lowest BCUT2D eigenvalue weighted by atomic mass is 9.80. The van der Waals surface area contributed by atoms with Crippen molar-refractivity contribution in [1.82, 2.24) is 15.5 Å².